The van der Waals surface area contributed by atoms with Gasteiger partial charge in [-0.2, -0.15) is 0 Å². The molecule has 6 rings (SSSR count). The van der Waals surface area contributed by atoms with Crippen molar-refractivity contribution < 1.29 is 4.79 Å². The van der Waals surface area contributed by atoms with Crippen LogP contribution in [0.3, 0.4) is 0 Å². The molecule has 4 aliphatic rings. The number of likely N-dealkylation sites (tertiary alicyclic amines) is 1. The maximum atomic E-state index is 13.0. The van der Waals surface area contributed by atoms with Gasteiger partial charge in [-0.05, 0) is 54.5 Å². The van der Waals surface area contributed by atoms with E-state index in [2.05, 4.69) is 29.2 Å². The zero-order valence-electron chi connectivity index (χ0n) is 12.0. The van der Waals surface area contributed by atoms with Gasteiger partial charge in [-0.15, -0.1) is 11.3 Å². The van der Waals surface area contributed by atoms with Crippen LogP contribution in [0.15, 0.2) is 30.3 Å². The number of rotatable bonds is 1. The van der Waals surface area contributed by atoms with Crippen LogP contribution in [0.4, 0.5) is 0 Å². The Kier molecular flexibility index (Phi) is 2.52. The second kappa shape index (κ2) is 4.33. The van der Waals surface area contributed by atoms with Gasteiger partial charge < -0.3 is 4.90 Å². The van der Waals surface area contributed by atoms with Crippen LogP contribution in [0, 0.1) is 17.8 Å². The highest BCUT2D eigenvalue weighted by Crippen LogP contribution is 2.52. The van der Waals surface area contributed by atoms with Crippen molar-refractivity contribution in [2.24, 2.45) is 17.8 Å². The first-order chi connectivity index (χ1) is 10.3. The van der Waals surface area contributed by atoms with E-state index in [-0.39, 0.29) is 5.91 Å². The molecule has 2 nitrogen and oxygen atoms in total. The highest BCUT2D eigenvalue weighted by Gasteiger charge is 2.51. The van der Waals surface area contributed by atoms with Crippen molar-refractivity contribution in [1.29, 1.82) is 0 Å². The highest BCUT2D eigenvalue weighted by atomic mass is 32.1. The van der Waals surface area contributed by atoms with E-state index < -0.39 is 0 Å². The van der Waals surface area contributed by atoms with Crippen molar-refractivity contribution >= 4 is 27.3 Å². The zero-order valence-corrected chi connectivity index (χ0v) is 12.8. The Bertz CT molecular complexity index is 688. The lowest BCUT2D eigenvalue weighted by atomic mass is 9.65. The maximum absolute atomic E-state index is 13.0. The van der Waals surface area contributed by atoms with Gasteiger partial charge in [0.25, 0.3) is 5.91 Å². The Morgan fingerprint density at radius 1 is 1.19 bits per heavy atom. The van der Waals surface area contributed by atoms with Gasteiger partial charge in [-0.1, -0.05) is 24.6 Å². The van der Waals surface area contributed by atoms with Crippen molar-refractivity contribution in [2.45, 2.75) is 31.7 Å². The molecule has 108 valence electrons. The van der Waals surface area contributed by atoms with Gasteiger partial charge >= 0.3 is 0 Å². The number of hydrogen-bond acceptors (Lipinski definition) is 2. The van der Waals surface area contributed by atoms with Crippen molar-refractivity contribution in [3.63, 3.8) is 0 Å². The molecule has 3 heteroatoms. The van der Waals surface area contributed by atoms with Gasteiger partial charge in [0.05, 0.1) is 4.88 Å². The number of nitrogens with zero attached hydrogens (tertiary/aromatic N) is 1. The fourth-order valence-corrected chi connectivity index (χ4v) is 6.06. The number of amides is 1. The van der Waals surface area contributed by atoms with Crippen LogP contribution in [-0.2, 0) is 0 Å². The first-order valence-corrected chi connectivity index (χ1v) is 8.91. The Hall–Kier alpha value is -1.35. The summed E-state index contributed by atoms with van der Waals surface area (Å²) >= 11 is 1.66. The summed E-state index contributed by atoms with van der Waals surface area (Å²) in [6.07, 6.45) is 5.40. The fraction of sp³-hybridized carbons (Fsp3) is 0.500. The lowest BCUT2D eigenvalue weighted by Gasteiger charge is -2.42. The normalized spacial score (nSPS) is 33.8. The number of hydrogen-bond donors (Lipinski definition) is 0. The molecule has 21 heavy (non-hydrogen) atoms. The third kappa shape index (κ3) is 1.73. The van der Waals surface area contributed by atoms with Gasteiger partial charge in [0, 0.05) is 17.3 Å². The summed E-state index contributed by atoms with van der Waals surface area (Å²) in [4.78, 5) is 16.1. The molecule has 4 bridgehead atoms. The first-order valence-electron chi connectivity index (χ1n) is 8.09. The van der Waals surface area contributed by atoms with Crippen molar-refractivity contribution in [3.05, 3.63) is 35.2 Å². The van der Waals surface area contributed by atoms with Crippen molar-refractivity contribution in [2.75, 3.05) is 6.54 Å². The predicted octanol–water partition coefficient (Wildman–Crippen LogP) is 4.16. The number of carbonyl (C=O) groups is 1. The van der Waals surface area contributed by atoms with Gasteiger partial charge in [0.2, 0.25) is 0 Å². The number of thiophene rings is 1. The minimum atomic E-state index is 0.288. The van der Waals surface area contributed by atoms with Gasteiger partial charge in [0.1, 0.15) is 0 Å². The molecule has 1 saturated heterocycles. The molecule has 0 radical (unpaired) electrons. The molecule has 2 aromatic rings. The molecular weight excluding hydrogens is 278 g/mol. The molecule has 1 unspecified atom stereocenters. The van der Waals surface area contributed by atoms with Crippen molar-refractivity contribution in [3.8, 4) is 0 Å². The third-order valence-electron chi connectivity index (χ3n) is 5.95. The molecule has 1 amide bonds. The molecular formula is C18H19NOS. The average molecular weight is 297 g/mol. The van der Waals surface area contributed by atoms with Gasteiger partial charge in [-0.25, -0.2) is 0 Å². The Morgan fingerprint density at radius 2 is 2.10 bits per heavy atom. The zero-order chi connectivity index (χ0) is 14.0. The fourth-order valence-electron chi connectivity index (χ4n) is 5.04. The summed E-state index contributed by atoms with van der Waals surface area (Å²) in [5, 5.41) is 1.20. The van der Waals surface area contributed by atoms with Crippen LogP contribution in [0.5, 0.6) is 0 Å². The molecule has 3 saturated carbocycles. The van der Waals surface area contributed by atoms with Crippen LogP contribution >= 0.6 is 11.3 Å². The van der Waals surface area contributed by atoms with Crippen molar-refractivity contribution in [1.82, 2.24) is 4.90 Å². The SMILES string of the molecule is O=C(c1cc2ccccc2s1)N1C[C@@H]2C[C@H]3CCC2[C@@H]1C3. The third-order valence-corrected chi connectivity index (χ3v) is 7.05. The lowest BCUT2D eigenvalue weighted by molar-refractivity contribution is 0.0614. The molecule has 4 atom stereocenters. The van der Waals surface area contributed by atoms with Gasteiger partial charge in [0.15, 0.2) is 0 Å². The molecule has 1 aromatic heterocycles. The van der Waals surface area contributed by atoms with E-state index in [1.807, 2.05) is 6.07 Å². The Morgan fingerprint density at radius 3 is 2.90 bits per heavy atom. The maximum Gasteiger partial charge on any atom is 0.264 e. The smallest absolute Gasteiger partial charge is 0.264 e. The van der Waals surface area contributed by atoms with Crippen LogP contribution in [-0.4, -0.2) is 23.4 Å². The molecule has 0 N–H and O–H groups in total. The topological polar surface area (TPSA) is 20.3 Å². The number of benzene rings is 1. The summed E-state index contributed by atoms with van der Waals surface area (Å²) in [6, 6.07) is 10.9. The Labute approximate surface area is 128 Å². The summed E-state index contributed by atoms with van der Waals surface area (Å²) in [7, 11) is 0. The van der Waals surface area contributed by atoms with E-state index in [0.29, 0.717) is 6.04 Å². The monoisotopic (exact) mass is 297 g/mol. The summed E-state index contributed by atoms with van der Waals surface area (Å²) < 4.78 is 1.23. The predicted molar refractivity (Wildman–Crippen MR) is 85.6 cm³/mol. The van der Waals surface area contributed by atoms with Crippen LogP contribution in [0.25, 0.3) is 10.1 Å². The van der Waals surface area contributed by atoms with E-state index in [0.717, 1.165) is 29.2 Å². The molecule has 3 aliphatic carbocycles. The molecule has 2 heterocycles. The van der Waals surface area contributed by atoms with E-state index >= 15 is 0 Å². The van der Waals surface area contributed by atoms with E-state index in [9.17, 15) is 4.79 Å². The standard InChI is InChI=1S/C18H19NOS/c20-18(17-9-12-3-1-2-4-16(12)21-17)19-10-13-7-11-5-6-14(13)15(19)8-11/h1-4,9,11,13-15H,5-8,10H2/t11-,13+,14?,15+/m1/s1. The van der Waals surface area contributed by atoms with Crippen LogP contribution in [0.1, 0.15) is 35.4 Å². The van der Waals surface area contributed by atoms with Crippen LogP contribution in [0.2, 0.25) is 0 Å². The first kappa shape index (κ1) is 12.2. The van der Waals surface area contributed by atoms with E-state index in [4.69, 9.17) is 0 Å². The van der Waals surface area contributed by atoms with Gasteiger partial charge in [-0.3, -0.25) is 4.79 Å². The lowest BCUT2D eigenvalue weighted by Crippen LogP contribution is -2.42. The summed E-state index contributed by atoms with van der Waals surface area (Å²) in [6.45, 7) is 1.01. The number of carbonyl (C=O) groups excluding carboxylic acids is 1. The van der Waals surface area contributed by atoms with Crippen LogP contribution < -0.4 is 0 Å². The van der Waals surface area contributed by atoms with E-state index in [1.165, 1.54) is 35.8 Å². The molecule has 1 aliphatic heterocycles. The minimum absolute atomic E-state index is 0.288. The highest BCUT2D eigenvalue weighted by molar-refractivity contribution is 7.20. The van der Waals surface area contributed by atoms with E-state index in [1.54, 1.807) is 11.3 Å². The molecule has 1 aromatic carbocycles. The molecule has 0 spiro atoms. The summed E-state index contributed by atoms with van der Waals surface area (Å²) in [5.41, 5.74) is 0. The average Bonchev–Trinajstić information content (AvgIpc) is 3.06. The minimum Gasteiger partial charge on any atom is -0.334 e. The number of fused-ring (bicyclic) bond motifs is 2. The summed E-state index contributed by atoms with van der Waals surface area (Å²) in [5.74, 6) is 2.77. The Balaban J connectivity index is 1.49. The molecule has 4 fully saturated rings. The quantitative estimate of drug-likeness (QED) is 0.774. The largest absolute Gasteiger partial charge is 0.334 e. The second-order valence-electron chi connectivity index (χ2n) is 7.01. The second-order valence-corrected chi connectivity index (χ2v) is 8.10.